The Bertz CT molecular complexity index is 1110. The Morgan fingerprint density at radius 3 is 1.41 bits per heavy atom. The summed E-state index contributed by atoms with van der Waals surface area (Å²) in [5, 5.41) is 22.5. The van der Waals surface area contributed by atoms with Crippen LogP contribution in [0.5, 0.6) is 0 Å². The van der Waals surface area contributed by atoms with E-state index in [9.17, 15) is 19.8 Å². The van der Waals surface area contributed by atoms with Crippen LogP contribution >= 0.6 is 0 Å². The van der Waals surface area contributed by atoms with Crippen LogP contribution in [0.1, 0.15) is 31.8 Å². The van der Waals surface area contributed by atoms with Gasteiger partial charge in [0.2, 0.25) is 0 Å². The van der Waals surface area contributed by atoms with E-state index in [0.29, 0.717) is 21.9 Å². The van der Waals surface area contributed by atoms with Crippen molar-refractivity contribution in [3.8, 4) is 0 Å². The monoisotopic (exact) mass is 356 g/mol. The molecule has 0 spiro atoms. The summed E-state index contributed by atoms with van der Waals surface area (Å²) in [4.78, 5) is 23.9. The highest BCUT2D eigenvalue weighted by molar-refractivity contribution is 6.07. The summed E-state index contributed by atoms with van der Waals surface area (Å²) in [5.74, 6) is -2.03. The molecular weight excluding hydrogens is 340 g/mol. The van der Waals surface area contributed by atoms with Crippen molar-refractivity contribution in [3.63, 3.8) is 0 Å². The van der Waals surface area contributed by atoms with Gasteiger partial charge in [0.25, 0.3) is 0 Å². The molecular formula is C23H16O4. The Labute approximate surface area is 155 Å². The molecule has 0 aliphatic rings. The van der Waals surface area contributed by atoms with Gasteiger partial charge in [-0.15, -0.1) is 0 Å². The second kappa shape index (κ2) is 6.57. The quantitative estimate of drug-likeness (QED) is 0.541. The van der Waals surface area contributed by atoms with E-state index in [-0.39, 0.29) is 17.5 Å². The number of carboxylic acids is 2. The third kappa shape index (κ3) is 2.91. The summed E-state index contributed by atoms with van der Waals surface area (Å²) in [6, 6.07) is 21.9. The number of aromatic carboxylic acids is 2. The molecule has 0 aromatic heterocycles. The molecule has 132 valence electrons. The number of carboxylic acid groups (broad SMARTS) is 2. The van der Waals surface area contributed by atoms with E-state index < -0.39 is 11.9 Å². The maximum atomic E-state index is 11.9. The number of rotatable bonds is 4. The zero-order chi connectivity index (χ0) is 19.0. The van der Waals surface area contributed by atoms with E-state index in [1.54, 1.807) is 36.4 Å². The summed E-state index contributed by atoms with van der Waals surface area (Å²) in [6.45, 7) is 0. The minimum Gasteiger partial charge on any atom is -0.478 e. The van der Waals surface area contributed by atoms with Crippen molar-refractivity contribution in [1.82, 2.24) is 0 Å². The van der Waals surface area contributed by atoms with Crippen LogP contribution in [0.3, 0.4) is 0 Å². The second-order valence-electron chi connectivity index (χ2n) is 6.43. The lowest BCUT2D eigenvalue weighted by molar-refractivity contribution is 0.0688. The number of carbonyl (C=O) groups is 2. The van der Waals surface area contributed by atoms with Crippen LogP contribution in [0.15, 0.2) is 72.8 Å². The first kappa shape index (κ1) is 16.8. The summed E-state index contributed by atoms with van der Waals surface area (Å²) < 4.78 is 0. The average molecular weight is 356 g/mol. The fraction of sp³-hybridized carbons (Fsp3) is 0.0435. The molecule has 4 heteroatoms. The molecule has 4 aromatic rings. The van der Waals surface area contributed by atoms with Crippen LogP contribution in [0.25, 0.3) is 21.5 Å². The molecule has 0 unspecified atom stereocenters. The zero-order valence-corrected chi connectivity index (χ0v) is 14.3. The third-order valence-corrected chi connectivity index (χ3v) is 4.84. The molecule has 0 aliphatic heterocycles. The Hall–Kier alpha value is -3.66. The van der Waals surface area contributed by atoms with Crippen molar-refractivity contribution >= 4 is 33.5 Å². The highest BCUT2D eigenvalue weighted by Crippen LogP contribution is 2.28. The lowest BCUT2D eigenvalue weighted by Gasteiger charge is -2.13. The first-order valence-corrected chi connectivity index (χ1v) is 8.54. The molecule has 0 fully saturated rings. The SMILES string of the molecule is O=C(O)c1c(Cc2ccc3ccccc3c2C(=O)O)ccc2ccccc12. The average Bonchev–Trinajstić information content (AvgIpc) is 2.67. The largest absolute Gasteiger partial charge is 0.478 e. The summed E-state index contributed by atoms with van der Waals surface area (Å²) in [6.07, 6.45) is 0.235. The molecule has 4 rings (SSSR count). The van der Waals surface area contributed by atoms with Crippen molar-refractivity contribution in [2.45, 2.75) is 6.42 Å². The predicted octanol–water partition coefficient (Wildman–Crippen LogP) is 4.98. The van der Waals surface area contributed by atoms with Crippen molar-refractivity contribution in [1.29, 1.82) is 0 Å². The molecule has 4 nitrogen and oxygen atoms in total. The van der Waals surface area contributed by atoms with Gasteiger partial charge in [0, 0.05) is 0 Å². The number of hydrogen-bond acceptors (Lipinski definition) is 2. The smallest absolute Gasteiger partial charge is 0.336 e. The van der Waals surface area contributed by atoms with Gasteiger partial charge in [0.1, 0.15) is 0 Å². The first-order valence-electron chi connectivity index (χ1n) is 8.54. The van der Waals surface area contributed by atoms with Gasteiger partial charge in [-0.1, -0.05) is 72.8 Å². The Morgan fingerprint density at radius 2 is 1.00 bits per heavy atom. The van der Waals surface area contributed by atoms with Gasteiger partial charge in [-0.3, -0.25) is 0 Å². The molecule has 27 heavy (non-hydrogen) atoms. The minimum atomic E-state index is -1.01. The van der Waals surface area contributed by atoms with Crippen molar-refractivity contribution < 1.29 is 19.8 Å². The topological polar surface area (TPSA) is 74.6 Å². The van der Waals surface area contributed by atoms with Gasteiger partial charge in [0.15, 0.2) is 0 Å². The van der Waals surface area contributed by atoms with Crippen LogP contribution in [-0.4, -0.2) is 22.2 Å². The predicted molar refractivity (Wildman–Crippen MR) is 105 cm³/mol. The Balaban J connectivity index is 1.93. The fourth-order valence-corrected chi connectivity index (χ4v) is 3.64. The molecule has 0 bridgehead atoms. The van der Waals surface area contributed by atoms with Crippen LogP contribution in [0, 0.1) is 0 Å². The number of hydrogen-bond donors (Lipinski definition) is 2. The Morgan fingerprint density at radius 1 is 0.593 bits per heavy atom. The minimum absolute atomic E-state index is 0.220. The lowest BCUT2D eigenvalue weighted by Crippen LogP contribution is -2.08. The van der Waals surface area contributed by atoms with E-state index >= 15 is 0 Å². The van der Waals surface area contributed by atoms with Crippen molar-refractivity contribution in [2.24, 2.45) is 0 Å². The van der Waals surface area contributed by atoms with Crippen LogP contribution in [-0.2, 0) is 6.42 Å². The van der Waals surface area contributed by atoms with E-state index in [1.165, 1.54) is 0 Å². The summed E-state index contributed by atoms with van der Waals surface area (Å²) in [7, 11) is 0. The number of fused-ring (bicyclic) bond motifs is 2. The highest BCUT2D eigenvalue weighted by atomic mass is 16.4. The fourth-order valence-electron chi connectivity index (χ4n) is 3.64. The molecule has 0 heterocycles. The van der Waals surface area contributed by atoms with Gasteiger partial charge < -0.3 is 10.2 Å². The maximum Gasteiger partial charge on any atom is 0.336 e. The van der Waals surface area contributed by atoms with Crippen LogP contribution < -0.4 is 0 Å². The van der Waals surface area contributed by atoms with E-state index in [4.69, 9.17) is 0 Å². The standard InChI is InChI=1S/C23H16O4/c24-22(25)20-16(11-9-14-5-1-3-7-18(14)20)13-17-12-10-15-6-2-4-8-19(15)21(17)23(26)27/h1-12H,13H2,(H,24,25)(H,26,27). The third-order valence-electron chi connectivity index (χ3n) is 4.84. The number of benzene rings is 4. The van der Waals surface area contributed by atoms with Gasteiger partial charge in [-0.05, 0) is 39.1 Å². The molecule has 0 aliphatic carbocycles. The van der Waals surface area contributed by atoms with Crippen LogP contribution in [0.2, 0.25) is 0 Å². The molecule has 0 saturated carbocycles. The van der Waals surface area contributed by atoms with E-state index in [0.717, 1.165) is 10.8 Å². The van der Waals surface area contributed by atoms with Gasteiger partial charge >= 0.3 is 11.9 Å². The van der Waals surface area contributed by atoms with E-state index in [1.807, 2.05) is 36.4 Å². The van der Waals surface area contributed by atoms with E-state index in [2.05, 4.69) is 0 Å². The molecule has 0 amide bonds. The Kier molecular flexibility index (Phi) is 4.09. The first-order chi connectivity index (χ1) is 13.1. The highest BCUT2D eigenvalue weighted by Gasteiger charge is 2.19. The normalized spacial score (nSPS) is 11.0. The van der Waals surface area contributed by atoms with Gasteiger partial charge in [-0.25, -0.2) is 9.59 Å². The summed E-state index contributed by atoms with van der Waals surface area (Å²) >= 11 is 0. The maximum absolute atomic E-state index is 11.9. The van der Waals surface area contributed by atoms with Crippen LogP contribution in [0.4, 0.5) is 0 Å². The zero-order valence-electron chi connectivity index (χ0n) is 14.3. The van der Waals surface area contributed by atoms with Crippen molar-refractivity contribution in [2.75, 3.05) is 0 Å². The molecule has 0 radical (unpaired) electrons. The summed E-state index contributed by atoms with van der Waals surface area (Å²) in [5.41, 5.74) is 1.63. The van der Waals surface area contributed by atoms with Crippen molar-refractivity contribution in [3.05, 3.63) is 95.1 Å². The molecule has 0 saturated heterocycles. The molecule has 0 atom stereocenters. The lowest BCUT2D eigenvalue weighted by atomic mass is 9.90. The second-order valence-corrected chi connectivity index (χ2v) is 6.43. The van der Waals surface area contributed by atoms with Gasteiger partial charge in [-0.2, -0.15) is 0 Å². The van der Waals surface area contributed by atoms with Gasteiger partial charge in [0.05, 0.1) is 11.1 Å². The molecule has 2 N–H and O–H groups in total. The molecule has 4 aromatic carbocycles.